The molecule has 0 saturated carbocycles. The van der Waals surface area contributed by atoms with Gasteiger partial charge in [-0.3, -0.25) is 9.35 Å². The van der Waals surface area contributed by atoms with Crippen molar-refractivity contribution in [3.8, 4) is 0 Å². The van der Waals surface area contributed by atoms with Crippen molar-refractivity contribution in [2.24, 2.45) is 0 Å². The van der Waals surface area contributed by atoms with E-state index in [9.17, 15) is 26.4 Å². The molecular formula is C23H25F3N6O4S. The molecule has 0 saturated heterocycles. The minimum Gasteiger partial charge on any atom is -0.388 e. The highest BCUT2D eigenvalue weighted by Crippen LogP contribution is 2.35. The number of para-hydroxylation sites is 1. The van der Waals surface area contributed by atoms with E-state index in [-0.39, 0.29) is 36.4 Å². The highest BCUT2D eigenvalue weighted by atomic mass is 32.2. The van der Waals surface area contributed by atoms with E-state index in [1.54, 1.807) is 25.2 Å². The summed E-state index contributed by atoms with van der Waals surface area (Å²) in [6, 6.07) is 12.5. The molecule has 10 nitrogen and oxygen atoms in total. The van der Waals surface area contributed by atoms with Gasteiger partial charge in [-0.2, -0.15) is 26.6 Å². The lowest BCUT2D eigenvalue weighted by Gasteiger charge is -2.16. The molecule has 1 aliphatic heterocycles. The van der Waals surface area contributed by atoms with Crippen molar-refractivity contribution in [3.63, 3.8) is 0 Å². The van der Waals surface area contributed by atoms with Crippen molar-refractivity contribution in [2.75, 3.05) is 34.1 Å². The largest absolute Gasteiger partial charge is 0.421 e. The zero-order valence-corrected chi connectivity index (χ0v) is 20.7. The molecule has 2 aromatic carbocycles. The summed E-state index contributed by atoms with van der Waals surface area (Å²) in [7, 11) is -1.92. The lowest BCUT2D eigenvalue weighted by molar-refractivity contribution is -0.137. The van der Waals surface area contributed by atoms with Gasteiger partial charge in [0.25, 0.3) is 10.1 Å². The fraction of sp³-hybridized carbons (Fsp3) is 0.261. The number of rotatable bonds is 7. The van der Waals surface area contributed by atoms with Crippen molar-refractivity contribution in [3.05, 3.63) is 65.4 Å². The highest BCUT2D eigenvalue weighted by molar-refractivity contribution is 7.85. The van der Waals surface area contributed by atoms with E-state index in [0.717, 1.165) is 28.7 Å². The SMILES string of the molecule is CCS(=O)(=O)O.CNc1ccccc1CNc1nc(Nc2ccc3c(c2)CC(=O)N3)ncc1C(F)(F)F. The third-order valence-electron chi connectivity index (χ3n) is 5.18. The maximum Gasteiger partial charge on any atom is 0.421 e. The molecule has 0 bridgehead atoms. The van der Waals surface area contributed by atoms with Crippen LogP contribution in [0.1, 0.15) is 23.6 Å². The number of benzene rings is 2. The smallest absolute Gasteiger partial charge is 0.388 e. The van der Waals surface area contributed by atoms with Crippen LogP contribution in [-0.2, 0) is 34.1 Å². The molecule has 0 spiro atoms. The monoisotopic (exact) mass is 538 g/mol. The Hall–Kier alpha value is -3.91. The summed E-state index contributed by atoms with van der Waals surface area (Å²) in [6.45, 7) is 1.51. The van der Waals surface area contributed by atoms with E-state index < -0.39 is 21.9 Å². The molecular weight excluding hydrogens is 513 g/mol. The van der Waals surface area contributed by atoms with Crippen LogP contribution >= 0.6 is 0 Å². The third kappa shape index (κ3) is 7.79. The van der Waals surface area contributed by atoms with E-state index in [1.165, 1.54) is 6.92 Å². The zero-order chi connectivity index (χ0) is 27.2. The van der Waals surface area contributed by atoms with Crippen LogP contribution in [-0.4, -0.2) is 41.6 Å². The minimum atomic E-state index is -4.61. The summed E-state index contributed by atoms with van der Waals surface area (Å²) in [6.07, 6.45) is -3.61. The average molecular weight is 539 g/mol. The molecule has 198 valence electrons. The fourth-order valence-electron chi connectivity index (χ4n) is 3.32. The van der Waals surface area contributed by atoms with Gasteiger partial charge < -0.3 is 21.3 Å². The van der Waals surface area contributed by atoms with Crippen LogP contribution in [0, 0.1) is 0 Å². The number of anilines is 5. The van der Waals surface area contributed by atoms with Gasteiger partial charge in [-0.15, -0.1) is 0 Å². The number of halogens is 3. The Morgan fingerprint density at radius 1 is 1.16 bits per heavy atom. The Balaban J connectivity index is 0.000000568. The van der Waals surface area contributed by atoms with Crippen molar-refractivity contribution in [2.45, 2.75) is 26.1 Å². The molecule has 0 unspecified atom stereocenters. The Kier molecular flexibility index (Phi) is 8.55. The van der Waals surface area contributed by atoms with E-state index in [1.807, 2.05) is 24.3 Å². The number of alkyl halides is 3. The second-order valence-electron chi connectivity index (χ2n) is 7.81. The van der Waals surface area contributed by atoms with Crippen molar-refractivity contribution < 1.29 is 30.9 Å². The van der Waals surface area contributed by atoms with Gasteiger partial charge in [-0.05, 0) is 42.3 Å². The molecule has 0 aliphatic carbocycles. The first-order valence-electron chi connectivity index (χ1n) is 11.0. The Morgan fingerprint density at radius 3 is 2.51 bits per heavy atom. The summed E-state index contributed by atoms with van der Waals surface area (Å²) in [4.78, 5) is 19.4. The van der Waals surface area contributed by atoms with Gasteiger partial charge in [-0.25, -0.2) is 4.98 Å². The van der Waals surface area contributed by atoms with Crippen molar-refractivity contribution in [1.82, 2.24) is 9.97 Å². The molecule has 14 heteroatoms. The predicted molar refractivity (Wildman–Crippen MR) is 134 cm³/mol. The highest BCUT2D eigenvalue weighted by Gasteiger charge is 2.35. The average Bonchev–Trinajstić information content (AvgIpc) is 3.21. The second kappa shape index (κ2) is 11.4. The second-order valence-corrected chi connectivity index (χ2v) is 9.55. The Bertz CT molecular complexity index is 1380. The molecule has 0 radical (unpaired) electrons. The molecule has 0 fully saturated rings. The van der Waals surface area contributed by atoms with Gasteiger partial charge in [0.2, 0.25) is 11.9 Å². The van der Waals surface area contributed by atoms with Crippen LogP contribution in [0.5, 0.6) is 0 Å². The quantitative estimate of drug-likeness (QED) is 0.278. The summed E-state index contributed by atoms with van der Waals surface area (Å²) >= 11 is 0. The number of fused-ring (bicyclic) bond motifs is 1. The van der Waals surface area contributed by atoms with Crippen LogP contribution in [0.3, 0.4) is 0 Å². The van der Waals surface area contributed by atoms with Gasteiger partial charge >= 0.3 is 6.18 Å². The van der Waals surface area contributed by atoms with E-state index in [4.69, 9.17) is 4.55 Å². The first-order valence-corrected chi connectivity index (χ1v) is 12.6. The Labute approximate surface area is 211 Å². The van der Waals surface area contributed by atoms with Gasteiger partial charge in [-0.1, -0.05) is 18.2 Å². The van der Waals surface area contributed by atoms with Crippen LogP contribution in [0.15, 0.2) is 48.7 Å². The molecule has 3 aromatic rings. The summed E-state index contributed by atoms with van der Waals surface area (Å²) < 4.78 is 67.3. The zero-order valence-electron chi connectivity index (χ0n) is 19.8. The topological polar surface area (TPSA) is 145 Å². The lowest BCUT2D eigenvalue weighted by atomic mass is 10.1. The van der Waals surface area contributed by atoms with Crippen LogP contribution in [0.25, 0.3) is 0 Å². The molecule has 2 heterocycles. The minimum absolute atomic E-state index is 0.00892. The molecule has 0 atom stereocenters. The summed E-state index contributed by atoms with van der Waals surface area (Å²) in [5.41, 5.74) is 2.72. The predicted octanol–water partition coefficient (Wildman–Crippen LogP) is 4.28. The van der Waals surface area contributed by atoms with Crippen LogP contribution in [0.2, 0.25) is 0 Å². The molecule has 1 aliphatic rings. The van der Waals surface area contributed by atoms with Crippen LogP contribution in [0.4, 0.5) is 42.0 Å². The number of amides is 1. The molecule has 1 aromatic heterocycles. The summed E-state index contributed by atoms with van der Waals surface area (Å²) in [5.74, 6) is -0.623. The van der Waals surface area contributed by atoms with E-state index >= 15 is 0 Å². The van der Waals surface area contributed by atoms with Crippen molar-refractivity contribution in [1.29, 1.82) is 0 Å². The van der Waals surface area contributed by atoms with Gasteiger partial charge in [0.1, 0.15) is 11.4 Å². The fourth-order valence-corrected chi connectivity index (χ4v) is 3.32. The lowest BCUT2D eigenvalue weighted by Crippen LogP contribution is -2.14. The third-order valence-corrected chi connectivity index (χ3v) is 5.91. The van der Waals surface area contributed by atoms with Gasteiger partial charge in [0.15, 0.2) is 0 Å². The van der Waals surface area contributed by atoms with Gasteiger partial charge in [0.05, 0.1) is 12.2 Å². The van der Waals surface area contributed by atoms with Crippen LogP contribution < -0.4 is 21.3 Å². The number of nitrogens with one attached hydrogen (secondary N) is 4. The maximum atomic E-state index is 13.5. The normalized spacial score (nSPS) is 12.6. The van der Waals surface area contributed by atoms with Crippen molar-refractivity contribution >= 4 is 44.9 Å². The molecule has 37 heavy (non-hydrogen) atoms. The first kappa shape index (κ1) is 27.7. The number of nitrogens with zero attached hydrogens (tertiary/aromatic N) is 2. The number of aromatic nitrogens is 2. The standard InChI is InChI=1S/C21H19F3N6O.C2H6O3S/c1-25-16-5-3-2-4-12(16)10-26-19-15(21(22,23)24)11-27-20(30-19)28-14-6-7-17-13(8-14)9-18(31)29-17;1-2-6(3,4)5/h2-8,11,25H,9-10H2,1H3,(H,29,31)(H2,26,27,28,30);2H2,1H3,(H,3,4,5). The van der Waals surface area contributed by atoms with Gasteiger partial charge in [0, 0.05) is 36.9 Å². The Morgan fingerprint density at radius 2 is 1.86 bits per heavy atom. The first-order chi connectivity index (χ1) is 17.4. The summed E-state index contributed by atoms with van der Waals surface area (Å²) in [5, 5.41) is 11.4. The number of hydrogen-bond acceptors (Lipinski definition) is 8. The molecule has 5 N–H and O–H groups in total. The molecule has 1 amide bonds. The maximum absolute atomic E-state index is 13.5. The number of carbonyl (C=O) groups is 1. The van der Waals surface area contributed by atoms with E-state index in [2.05, 4.69) is 31.2 Å². The molecule has 4 rings (SSSR count). The van der Waals surface area contributed by atoms with E-state index in [0.29, 0.717) is 5.69 Å². The number of carbonyl (C=O) groups excluding carboxylic acids is 1. The number of hydrogen-bond donors (Lipinski definition) is 5.